The summed E-state index contributed by atoms with van der Waals surface area (Å²) < 4.78 is 23.1. The average molecular weight is 247 g/mol. The van der Waals surface area contributed by atoms with Crippen LogP contribution < -0.4 is 0 Å². The van der Waals surface area contributed by atoms with Crippen LogP contribution in [-0.4, -0.2) is 44.2 Å². The largest absolute Gasteiger partial charge is 0.469 e. The highest BCUT2D eigenvalue weighted by atomic mass is 19.1. The van der Waals surface area contributed by atoms with E-state index < -0.39 is 6.48 Å². The van der Waals surface area contributed by atoms with Crippen LogP contribution in [0.25, 0.3) is 0 Å². The summed E-state index contributed by atoms with van der Waals surface area (Å²) in [6.07, 6.45) is 4.97. The van der Waals surface area contributed by atoms with Gasteiger partial charge < -0.3 is 9.47 Å². The number of alkyl halides is 1. The number of methoxy groups -OCH3 is 1. The van der Waals surface area contributed by atoms with E-state index in [1.54, 1.807) is 4.90 Å². The Morgan fingerprint density at radius 1 is 1.29 bits per heavy atom. The van der Waals surface area contributed by atoms with Crippen LogP contribution in [0.2, 0.25) is 0 Å². The molecule has 4 nitrogen and oxygen atoms in total. The molecule has 0 spiro atoms. The van der Waals surface area contributed by atoms with E-state index in [-0.39, 0.29) is 5.97 Å². The number of esters is 1. The standard InChI is InChI=1S/C12H22FNO3/c1-16-11(15)7-3-2-6-10-17-12(13)14-8-4-5-9-14/h12H,2-10H2,1H3. The summed E-state index contributed by atoms with van der Waals surface area (Å²) in [6, 6.07) is 0. The Balaban J connectivity index is 1.91. The molecule has 1 saturated heterocycles. The lowest BCUT2D eigenvalue weighted by Gasteiger charge is -2.19. The SMILES string of the molecule is COC(=O)CCCCCOC(F)N1CCCC1. The first kappa shape index (κ1) is 14.4. The van der Waals surface area contributed by atoms with Gasteiger partial charge in [-0.25, -0.2) is 0 Å². The van der Waals surface area contributed by atoms with Crippen molar-refractivity contribution in [1.82, 2.24) is 4.90 Å². The molecule has 0 N–H and O–H groups in total. The van der Waals surface area contributed by atoms with Gasteiger partial charge in [-0.15, -0.1) is 0 Å². The highest BCUT2D eigenvalue weighted by Gasteiger charge is 2.21. The van der Waals surface area contributed by atoms with E-state index in [4.69, 9.17) is 4.74 Å². The molecule has 0 bridgehead atoms. The minimum Gasteiger partial charge on any atom is -0.469 e. The first-order valence-electron chi connectivity index (χ1n) is 6.30. The Kier molecular flexibility index (Phi) is 7.12. The van der Waals surface area contributed by atoms with E-state index in [0.29, 0.717) is 13.0 Å². The van der Waals surface area contributed by atoms with E-state index in [1.807, 2.05) is 0 Å². The lowest BCUT2D eigenvalue weighted by atomic mass is 10.2. The maximum Gasteiger partial charge on any atom is 0.305 e. The third kappa shape index (κ3) is 5.98. The summed E-state index contributed by atoms with van der Waals surface area (Å²) >= 11 is 0. The van der Waals surface area contributed by atoms with Gasteiger partial charge in [-0.1, -0.05) is 6.42 Å². The molecule has 1 aliphatic heterocycles. The number of hydrogen-bond acceptors (Lipinski definition) is 4. The van der Waals surface area contributed by atoms with Crippen LogP contribution in [0.1, 0.15) is 38.5 Å². The number of halogens is 1. The first-order valence-corrected chi connectivity index (χ1v) is 6.30. The van der Waals surface area contributed by atoms with Gasteiger partial charge in [0.25, 0.3) is 6.48 Å². The number of ether oxygens (including phenoxy) is 2. The molecule has 1 aliphatic rings. The number of likely N-dealkylation sites (tertiary alicyclic amines) is 1. The number of carbonyl (C=O) groups excluding carboxylic acids is 1. The molecule has 1 fully saturated rings. The van der Waals surface area contributed by atoms with Crippen molar-refractivity contribution < 1.29 is 18.7 Å². The molecule has 100 valence electrons. The number of unbranched alkanes of at least 4 members (excludes halogenated alkanes) is 2. The van der Waals surface area contributed by atoms with Gasteiger partial charge in [0.15, 0.2) is 0 Å². The van der Waals surface area contributed by atoms with E-state index in [0.717, 1.165) is 45.2 Å². The molecule has 0 amide bonds. The van der Waals surface area contributed by atoms with Gasteiger partial charge in [-0.3, -0.25) is 9.69 Å². The van der Waals surface area contributed by atoms with E-state index in [2.05, 4.69) is 4.74 Å². The Morgan fingerprint density at radius 2 is 2.00 bits per heavy atom. The zero-order chi connectivity index (χ0) is 12.5. The monoisotopic (exact) mass is 247 g/mol. The van der Waals surface area contributed by atoms with E-state index in [1.165, 1.54) is 7.11 Å². The Bertz CT molecular complexity index is 220. The summed E-state index contributed by atoms with van der Waals surface area (Å²) in [7, 11) is 1.38. The summed E-state index contributed by atoms with van der Waals surface area (Å²) in [5.74, 6) is -0.189. The molecule has 5 heteroatoms. The second kappa shape index (κ2) is 8.42. The van der Waals surface area contributed by atoms with Crippen molar-refractivity contribution in [3.63, 3.8) is 0 Å². The van der Waals surface area contributed by atoms with Crippen LogP contribution in [0.5, 0.6) is 0 Å². The minimum atomic E-state index is -1.25. The van der Waals surface area contributed by atoms with Gasteiger partial charge in [-0.05, 0) is 25.7 Å². The molecule has 1 rings (SSSR count). The van der Waals surface area contributed by atoms with Gasteiger partial charge >= 0.3 is 5.97 Å². The van der Waals surface area contributed by atoms with Gasteiger partial charge in [0, 0.05) is 19.5 Å². The molecule has 0 saturated carbocycles. The predicted molar refractivity (Wildman–Crippen MR) is 62.1 cm³/mol. The quantitative estimate of drug-likeness (QED) is 0.374. The molecular weight excluding hydrogens is 225 g/mol. The van der Waals surface area contributed by atoms with E-state index >= 15 is 0 Å². The van der Waals surface area contributed by atoms with Crippen molar-refractivity contribution in [2.75, 3.05) is 26.8 Å². The number of nitrogens with zero attached hydrogens (tertiary/aromatic N) is 1. The van der Waals surface area contributed by atoms with Crippen LogP contribution in [0.15, 0.2) is 0 Å². The fourth-order valence-corrected chi connectivity index (χ4v) is 1.88. The highest BCUT2D eigenvalue weighted by molar-refractivity contribution is 5.68. The van der Waals surface area contributed by atoms with Crippen molar-refractivity contribution in [3.05, 3.63) is 0 Å². The third-order valence-electron chi connectivity index (χ3n) is 2.94. The zero-order valence-corrected chi connectivity index (χ0v) is 10.5. The minimum absolute atomic E-state index is 0.189. The van der Waals surface area contributed by atoms with Crippen molar-refractivity contribution >= 4 is 5.97 Å². The second-order valence-electron chi connectivity index (χ2n) is 4.29. The van der Waals surface area contributed by atoms with Crippen LogP contribution in [0.3, 0.4) is 0 Å². The fraction of sp³-hybridized carbons (Fsp3) is 0.917. The topological polar surface area (TPSA) is 38.8 Å². The maximum absolute atomic E-state index is 13.4. The molecule has 0 aromatic rings. The van der Waals surface area contributed by atoms with E-state index in [9.17, 15) is 9.18 Å². The van der Waals surface area contributed by atoms with Crippen LogP contribution in [0, 0.1) is 0 Å². The normalized spacial score (nSPS) is 18.2. The fourth-order valence-electron chi connectivity index (χ4n) is 1.88. The summed E-state index contributed by atoms with van der Waals surface area (Å²) in [6.45, 7) is 0.754. The lowest BCUT2D eigenvalue weighted by Crippen LogP contribution is -2.31. The summed E-state index contributed by atoms with van der Waals surface area (Å²) in [5.41, 5.74) is 0. The molecule has 1 heterocycles. The van der Waals surface area contributed by atoms with Crippen molar-refractivity contribution in [2.24, 2.45) is 0 Å². The number of hydrogen-bond donors (Lipinski definition) is 0. The molecule has 0 aliphatic carbocycles. The summed E-state index contributed by atoms with van der Waals surface area (Å²) in [5, 5.41) is 0. The average Bonchev–Trinajstić information content (AvgIpc) is 2.86. The molecule has 17 heavy (non-hydrogen) atoms. The molecule has 1 atom stereocenters. The summed E-state index contributed by atoms with van der Waals surface area (Å²) in [4.78, 5) is 12.5. The predicted octanol–water partition coefficient (Wildman–Crippen LogP) is 2.09. The van der Waals surface area contributed by atoms with Crippen molar-refractivity contribution in [2.45, 2.75) is 45.0 Å². The lowest BCUT2D eigenvalue weighted by molar-refractivity contribution is -0.141. The van der Waals surface area contributed by atoms with Gasteiger partial charge in [0.1, 0.15) is 0 Å². The van der Waals surface area contributed by atoms with Crippen LogP contribution in [0.4, 0.5) is 4.39 Å². The van der Waals surface area contributed by atoms with Gasteiger partial charge in [0.05, 0.1) is 13.7 Å². The molecular formula is C12H22FNO3. The van der Waals surface area contributed by atoms with Crippen molar-refractivity contribution in [3.8, 4) is 0 Å². The molecule has 1 unspecified atom stereocenters. The number of rotatable bonds is 8. The molecule has 0 aromatic heterocycles. The zero-order valence-electron chi connectivity index (χ0n) is 10.5. The smallest absolute Gasteiger partial charge is 0.305 e. The maximum atomic E-state index is 13.4. The van der Waals surface area contributed by atoms with Crippen LogP contribution in [-0.2, 0) is 14.3 Å². The Labute approximate surface area is 102 Å². The first-order chi connectivity index (χ1) is 8.24. The van der Waals surface area contributed by atoms with Crippen LogP contribution >= 0.6 is 0 Å². The third-order valence-corrected chi connectivity index (χ3v) is 2.94. The molecule has 0 aromatic carbocycles. The second-order valence-corrected chi connectivity index (χ2v) is 4.29. The van der Waals surface area contributed by atoms with Crippen molar-refractivity contribution in [1.29, 1.82) is 0 Å². The number of carbonyl (C=O) groups is 1. The van der Waals surface area contributed by atoms with Gasteiger partial charge in [0.2, 0.25) is 0 Å². The molecule has 0 radical (unpaired) electrons. The Morgan fingerprint density at radius 3 is 2.65 bits per heavy atom. The van der Waals surface area contributed by atoms with Gasteiger partial charge in [-0.2, -0.15) is 4.39 Å². The highest BCUT2D eigenvalue weighted by Crippen LogP contribution is 2.14. The Hall–Kier alpha value is -0.680.